The van der Waals surface area contributed by atoms with Crippen LogP contribution in [0.3, 0.4) is 0 Å². The summed E-state index contributed by atoms with van der Waals surface area (Å²) < 4.78 is 7.53. The molecule has 1 aliphatic heterocycles. The van der Waals surface area contributed by atoms with Crippen molar-refractivity contribution in [2.75, 3.05) is 4.90 Å². The molecule has 31 heavy (non-hydrogen) atoms. The quantitative estimate of drug-likeness (QED) is 0.488. The summed E-state index contributed by atoms with van der Waals surface area (Å²) in [6, 6.07) is 22.8. The van der Waals surface area contributed by atoms with Gasteiger partial charge in [-0.3, -0.25) is 9.30 Å². The molecule has 1 fully saturated rings. The molecule has 2 aromatic heterocycles. The molecule has 0 spiro atoms. The van der Waals surface area contributed by atoms with Crippen LogP contribution in [0.5, 0.6) is 0 Å². The van der Waals surface area contributed by atoms with Crippen LogP contribution < -0.4 is 4.90 Å². The van der Waals surface area contributed by atoms with Crippen LogP contribution in [0.25, 0.3) is 17.0 Å². The van der Waals surface area contributed by atoms with Crippen LogP contribution in [0, 0.1) is 11.3 Å². The van der Waals surface area contributed by atoms with Gasteiger partial charge in [0, 0.05) is 23.5 Å². The molecule has 0 saturated carbocycles. The maximum absolute atomic E-state index is 12.8. The molecule has 1 amide bonds. The molecular weight excluding hydrogens is 390 g/mol. The number of fused-ring (bicyclic) bond motifs is 1. The van der Waals surface area contributed by atoms with E-state index in [1.807, 2.05) is 72.8 Å². The van der Waals surface area contributed by atoms with Gasteiger partial charge in [-0.2, -0.15) is 5.26 Å². The molecular formula is C24H19N5O2. The lowest BCUT2D eigenvalue weighted by Crippen LogP contribution is -2.33. The largest absolute Gasteiger partial charge is 0.441 e. The number of cyclic esters (lactones) is 1. The zero-order valence-electron chi connectivity index (χ0n) is 17.1. The number of pyridine rings is 1. The molecule has 0 radical (unpaired) electrons. The third-order valence-corrected chi connectivity index (χ3v) is 5.52. The summed E-state index contributed by atoms with van der Waals surface area (Å²) in [7, 11) is 0. The highest BCUT2D eigenvalue weighted by atomic mass is 16.6. The van der Waals surface area contributed by atoms with Crippen molar-refractivity contribution >= 4 is 17.4 Å². The van der Waals surface area contributed by atoms with E-state index in [1.165, 1.54) is 0 Å². The van der Waals surface area contributed by atoms with Crippen molar-refractivity contribution in [1.29, 1.82) is 5.26 Å². The van der Waals surface area contributed by atoms with Gasteiger partial charge in [-0.25, -0.2) is 4.79 Å². The summed E-state index contributed by atoms with van der Waals surface area (Å²) in [6.45, 7) is 3.85. The standard InChI is InChI=1S/C24H19N5O2/c1-24(2)21(17-6-4-3-5-7-17)29(23(30)31-24)19-10-8-18(9-11-19)22-27-26-20-14-16(15-25)12-13-28(20)22/h3-14,21H,1-2H3. The molecule has 0 bridgehead atoms. The number of hydrogen-bond donors (Lipinski definition) is 0. The lowest BCUT2D eigenvalue weighted by atomic mass is 9.91. The molecule has 0 aliphatic carbocycles. The molecule has 1 unspecified atom stereocenters. The highest BCUT2D eigenvalue weighted by molar-refractivity contribution is 5.92. The topological polar surface area (TPSA) is 83.5 Å². The number of nitrogens with zero attached hydrogens (tertiary/aromatic N) is 5. The first-order valence-corrected chi connectivity index (χ1v) is 9.90. The average Bonchev–Trinajstić information content (AvgIpc) is 3.30. The van der Waals surface area contributed by atoms with E-state index in [9.17, 15) is 4.79 Å². The minimum atomic E-state index is -0.668. The monoisotopic (exact) mass is 409 g/mol. The molecule has 7 heteroatoms. The summed E-state index contributed by atoms with van der Waals surface area (Å²) in [5, 5.41) is 17.5. The first-order chi connectivity index (χ1) is 15.0. The van der Waals surface area contributed by atoms with Gasteiger partial charge in [-0.1, -0.05) is 30.3 Å². The van der Waals surface area contributed by atoms with Gasteiger partial charge in [-0.15, -0.1) is 10.2 Å². The van der Waals surface area contributed by atoms with Gasteiger partial charge in [0.05, 0.1) is 11.6 Å². The molecule has 152 valence electrons. The van der Waals surface area contributed by atoms with Crippen LogP contribution in [0.4, 0.5) is 10.5 Å². The Labute approximate surface area is 179 Å². The zero-order chi connectivity index (χ0) is 21.6. The van der Waals surface area contributed by atoms with Crippen molar-refractivity contribution in [3.05, 3.63) is 84.1 Å². The van der Waals surface area contributed by atoms with Crippen molar-refractivity contribution in [2.45, 2.75) is 25.5 Å². The smallest absolute Gasteiger partial charge is 0.415 e. The fourth-order valence-corrected chi connectivity index (χ4v) is 4.11. The third kappa shape index (κ3) is 3.09. The van der Waals surface area contributed by atoms with E-state index in [0.29, 0.717) is 17.0 Å². The second-order valence-electron chi connectivity index (χ2n) is 7.98. The van der Waals surface area contributed by atoms with Crippen LogP contribution in [0.1, 0.15) is 31.0 Å². The van der Waals surface area contributed by atoms with Crippen LogP contribution in [-0.2, 0) is 4.74 Å². The van der Waals surface area contributed by atoms with E-state index in [0.717, 1.165) is 16.8 Å². The highest BCUT2D eigenvalue weighted by Gasteiger charge is 2.49. The molecule has 2 aromatic carbocycles. The molecule has 1 atom stereocenters. The summed E-state index contributed by atoms with van der Waals surface area (Å²) in [5.41, 5.74) is 3.08. The lowest BCUT2D eigenvalue weighted by molar-refractivity contribution is 0.0685. The minimum absolute atomic E-state index is 0.245. The maximum Gasteiger partial charge on any atom is 0.415 e. The van der Waals surface area contributed by atoms with E-state index >= 15 is 0 Å². The van der Waals surface area contributed by atoms with Gasteiger partial charge in [0.2, 0.25) is 0 Å². The minimum Gasteiger partial charge on any atom is -0.441 e. The number of ether oxygens (including phenoxy) is 1. The fraction of sp³-hybridized carbons (Fsp3) is 0.167. The number of hydrogen-bond acceptors (Lipinski definition) is 5. The van der Waals surface area contributed by atoms with E-state index in [4.69, 9.17) is 10.00 Å². The summed E-state index contributed by atoms with van der Waals surface area (Å²) >= 11 is 0. The van der Waals surface area contributed by atoms with E-state index in [1.54, 1.807) is 23.2 Å². The SMILES string of the molecule is CC1(C)OC(=O)N(c2ccc(-c3nnc4cc(C#N)ccn34)cc2)C1c1ccccc1. The average molecular weight is 409 g/mol. The molecule has 1 aliphatic rings. The Kier molecular flexibility index (Phi) is 4.22. The van der Waals surface area contributed by atoms with Gasteiger partial charge in [0.1, 0.15) is 11.6 Å². The number of anilines is 1. The van der Waals surface area contributed by atoms with Gasteiger partial charge < -0.3 is 4.74 Å². The van der Waals surface area contributed by atoms with Crippen LogP contribution in [0.2, 0.25) is 0 Å². The zero-order valence-corrected chi connectivity index (χ0v) is 17.1. The van der Waals surface area contributed by atoms with E-state index in [-0.39, 0.29) is 12.1 Å². The molecule has 1 saturated heterocycles. The van der Waals surface area contributed by atoms with Crippen LogP contribution in [-0.4, -0.2) is 26.3 Å². The van der Waals surface area contributed by atoms with E-state index in [2.05, 4.69) is 16.3 Å². The number of carbonyl (C=O) groups is 1. The number of rotatable bonds is 3. The first-order valence-electron chi connectivity index (χ1n) is 9.90. The predicted molar refractivity (Wildman–Crippen MR) is 115 cm³/mol. The third-order valence-electron chi connectivity index (χ3n) is 5.52. The maximum atomic E-state index is 12.8. The van der Waals surface area contributed by atoms with Gasteiger partial charge in [0.15, 0.2) is 11.5 Å². The Morgan fingerprint density at radius 3 is 2.48 bits per heavy atom. The van der Waals surface area contributed by atoms with Crippen molar-refractivity contribution in [3.8, 4) is 17.5 Å². The Morgan fingerprint density at radius 2 is 1.77 bits per heavy atom. The summed E-state index contributed by atoms with van der Waals surface area (Å²) in [6.07, 6.45) is 1.41. The Bertz CT molecular complexity index is 1320. The number of amides is 1. The van der Waals surface area contributed by atoms with Crippen LogP contribution >= 0.6 is 0 Å². The Hall–Kier alpha value is -4.18. The summed E-state index contributed by atoms with van der Waals surface area (Å²) in [5.74, 6) is 0.662. The van der Waals surface area contributed by atoms with Gasteiger partial charge in [0.25, 0.3) is 0 Å². The number of aromatic nitrogens is 3. The second kappa shape index (κ2) is 6.96. The predicted octanol–water partition coefficient (Wildman–Crippen LogP) is 4.74. The normalized spacial score (nSPS) is 17.5. The van der Waals surface area contributed by atoms with E-state index < -0.39 is 5.60 Å². The Balaban J connectivity index is 1.52. The molecule has 5 rings (SSSR count). The highest BCUT2D eigenvalue weighted by Crippen LogP contribution is 2.43. The van der Waals surface area contributed by atoms with Gasteiger partial charge >= 0.3 is 6.09 Å². The summed E-state index contributed by atoms with van der Waals surface area (Å²) in [4.78, 5) is 14.5. The molecule has 3 heterocycles. The van der Waals surface area contributed by atoms with Crippen molar-refractivity contribution < 1.29 is 9.53 Å². The molecule has 4 aromatic rings. The first kappa shape index (κ1) is 18.8. The van der Waals surface area contributed by atoms with Crippen molar-refractivity contribution in [1.82, 2.24) is 14.6 Å². The number of benzene rings is 2. The molecule has 0 N–H and O–H groups in total. The Morgan fingerprint density at radius 1 is 1.03 bits per heavy atom. The number of carbonyl (C=O) groups excluding carboxylic acids is 1. The van der Waals surface area contributed by atoms with Gasteiger partial charge in [-0.05, 0) is 49.7 Å². The van der Waals surface area contributed by atoms with Crippen molar-refractivity contribution in [3.63, 3.8) is 0 Å². The van der Waals surface area contributed by atoms with Crippen molar-refractivity contribution in [2.24, 2.45) is 0 Å². The van der Waals surface area contributed by atoms with Crippen LogP contribution in [0.15, 0.2) is 72.9 Å². The molecule has 7 nitrogen and oxygen atoms in total. The fourth-order valence-electron chi connectivity index (χ4n) is 4.11. The lowest BCUT2D eigenvalue weighted by Gasteiger charge is -2.29. The second-order valence-corrected chi connectivity index (χ2v) is 7.98. The number of nitriles is 1.